The molecule has 96 valence electrons. The van der Waals surface area contributed by atoms with Crippen LogP contribution >= 0.6 is 12.4 Å². The van der Waals surface area contributed by atoms with Crippen LogP contribution in [0.25, 0.3) is 0 Å². The molecule has 0 aliphatic heterocycles. The minimum Gasteiger partial charge on any atom is -0.371 e. The zero-order chi connectivity index (χ0) is 11.0. The van der Waals surface area contributed by atoms with Crippen LogP contribution in [0.1, 0.15) is 43.8 Å². The van der Waals surface area contributed by atoms with E-state index in [1.165, 1.54) is 12.8 Å². The van der Waals surface area contributed by atoms with E-state index in [1.54, 1.807) is 0 Å². The molecule has 1 aromatic heterocycles. The standard InChI is InChI=1S/C11H17N3O2.ClH/c12-11(4-1-5-11)10-13-9(16-14-10)7-15-6-8-2-3-8;/h8H,1-7,12H2;1H. The fraction of sp³-hybridized carbons (Fsp3) is 0.818. The van der Waals surface area contributed by atoms with Crippen molar-refractivity contribution in [2.24, 2.45) is 11.7 Å². The van der Waals surface area contributed by atoms with Gasteiger partial charge >= 0.3 is 0 Å². The van der Waals surface area contributed by atoms with E-state index in [1.807, 2.05) is 0 Å². The second-order valence-corrected chi connectivity index (χ2v) is 4.98. The van der Waals surface area contributed by atoms with Gasteiger partial charge in [0.25, 0.3) is 5.89 Å². The van der Waals surface area contributed by atoms with Gasteiger partial charge in [-0.1, -0.05) is 5.16 Å². The van der Waals surface area contributed by atoms with Crippen LogP contribution in [0.2, 0.25) is 0 Å². The van der Waals surface area contributed by atoms with E-state index in [4.69, 9.17) is 15.0 Å². The second kappa shape index (κ2) is 4.92. The highest BCUT2D eigenvalue weighted by Gasteiger charge is 2.38. The van der Waals surface area contributed by atoms with Gasteiger partial charge in [0.1, 0.15) is 6.61 Å². The Labute approximate surface area is 106 Å². The molecular formula is C11H18ClN3O2. The monoisotopic (exact) mass is 259 g/mol. The maximum atomic E-state index is 6.10. The Morgan fingerprint density at radius 2 is 2.18 bits per heavy atom. The van der Waals surface area contributed by atoms with Gasteiger partial charge < -0.3 is 15.0 Å². The fourth-order valence-electron chi connectivity index (χ4n) is 1.89. The Morgan fingerprint density at radius 3 is 2.76 bits per heavy atom. The number of ether oxygens (including phenoxy) is 1. The van der Waals surface area contributed by atoms with Gasteiger partial charge in [0.15, 0.2) is 5.82 Å². The predicted octanol–water partition coefficient (Wildman–Crippen LogP) is 1.76. The topological polar surface area (TPSA) is 74.2 Å². The van der Waals surface area contributed by atoms with Gasteiger partial charge in [0.2, 0.25) is 0 Å². The lowest BCUT2D eigenvalue weighted by Gasteiger charge is -2.34. The maximum Gasteiger partial charge on any atom is 0.252 e. The van der Waals surface area contributed by atoms with Crippen LogP contribution in [0.3, 0.4) is 0 Å². The molecule has 0 saturated heterocycles. The summed E-state index contributed by atoms with van der Waals surface area (Å²) in [7, 11) is 0. The van der Waals surface area contributed by atoms with Crippen LogP contribution in [-0.2, 0) is 16.9 Å². The molecule has 2 fully saturated rings. The van der Waals surface area contributed by atoms with Gasteiger partial charge in [-0.3, -0.25) is 0 Å². The Morgan fingerprint density at radius 1 is 1.41 bits per heavy atom. The molecule has 0 amide bonds. The molecule has 0 aromatic carbocycles. The molecule has 2 N–H and O–H groups in total. The van der Waals surface area contributed by atoms with Crippen LogP contribution in [0.15, 0.2) is 4.52 Å². The van der Waals surface area contributed by atoms with Crippen molar-refractivity contribution in [2.75, 3.05) is 6.61 Å². The van der Waals surface area contributed by atoms with Crippen LogP contribution in [0.5, 0.6) is 0 Å². The lowest BCUT2D eigenvalue weighted by atomic mass is 9.77. The molecule has 0 unspecified atom stereocenters. The molecule has 0 bridgehead atoms. The zero-order valence-corrected chi connectivity index (χ0v) is 10.5. The molecule has 2 aliphatic carbocycles. The van der Waals surface area contributed by atoms with Crippen LogP contribution in [0.4, 0.5) is 0 Å². The van der Waals surface area contributed by atoms with E-state index >= 15 is 0 Å². The summed E-state index contributed by atoms with van der Waals surface area (Å²) in [6.07, 6.45) is 5.64. The van der Waals surface area contributed by atoms with Crippen molar-refractivity contribution in [1.29, 1.82) is 0 Å². The van der Waals surface area contributed by atoms with E-state index in [0.29, 0.717) is 18.3 Å². The Balaban J connectivity index is 0.00000108. The molecule has 3 rings (SSSR count). The van der Waals surface area contributed by atoms with Crippen molar-refractivity contribution in [3.05, 3.63) is 11.7 Å². The third-order valence-corrected chi connectivity index (χ3v) is 3.44. The highest BCUT2D eigenvalue weighted by molar-refractivity contribution is 5.85. The van der Waals surface area contributed by atoms with Gasteiger partial charge in [-0.25, -0.2) is 0 Å². The van der Waals surface area contributed by atoms with E-state index in [0.717, 1.165) is 31.8 Å². The van der Waals surface area contributed by atoms with Gasteiger partial charge in [-0.2, -0.15) is 4.98 Å². The highest BCUT2D eigenvalue weighted by atomic mass is 35.5. The summed E-state index contributed by atoms with van der Waals surface area (Å²) in [6.45, 7) is 1.23. The summed E-state index contributed by atoms with van der Waals surface area (Å²) < 4.78 is 10.6. The minimum absolute atomic E-state index is 0. The predicted molar refractivity (Wildman–Crippen MR) is 63.6 cm³/mol. The van der Waals surface area contributed by atoms with E-state index in [-0.39, 0.29) is 17.9 Å². The Hall–Kier alpha value is -0.650. The summed E-state index contributed by atoms with van der Waals surface area (Å²) >= 11 is 0. The van der Waals surface area contributed by atoms with Gasteiger partial charge in [-0.05, 0) is 38.0 Å². The van der Waals surface area contributed by atoms with Crippen LogP contribution < -0.4 is 5.73 Å². The first-order chi connectivity index (χ1) is 7.76. The van der Waals surface area contributed by atoms with Crippen molar-refractivity contribution < 1.29 is 9.26 Å². The molecule has 1 heterocycles. The van der Waals surface area contributed by atoms with Gasteiger partial charge in [-0.15, -0.1) is 12.4 Å². The summed E-state index contributed by atoms with van der Waals surface area (Å²) in [5.74, 6) is 1.95. The van der Waals surface area contributed by atoms with Crippen molar-refractivity contribution in [3.8, 4) is 0 Å². The van der Waals surface area contributed by atoms with Crippen molar-refractivity contribution in [3.63, 3.8) is 0 Å². The average molecular weight is 260 g/mol. The van der Waals surface area contributed by atoms with E-state index < -0.39 is 0 Å². The van der Waals surface area contributed by atoms with Crippen LogP contribution in [0, 0.1) is 5.92 Å². The third kappa shape index (κ3) is 2.78. The summed E-state index contributed by atoms with van der Waals surface area (Å²) in [4.78, 5) is 4.29. The van der Waals surface area contributed by atoms with E-state index in [9.17, 15) is 0 Å². The Kier molecular flexibility index (Phi) is 3.70. The maximum absolute atomic E-state index is 6.10. The smallest absolute Gasteiger partial charge is 0.252 e. The zero-order valence-electron chi connectivity index (χ0n) is 9.72. The molecule has 6 heteroatoms. The summed E-state index contributed by atoms with van der Waals surface area (Å²) in [5.41, 5.74) is 5.76. The number of halogens is 1. The molecular weight excluding hydrogens is 242 g/mol. The Bertz CT molecular complexity index is 375. The SMILES string of the molecule is Cl.NC1(c2noc(COCC3CC3)n2)CCC1. The first-order valence-corrected chi connectivity index (χ1v) is 5.96. The first kappa shape index (κ1) is 12.8. The molecule has 1 aromatic rings. The molecule has 17 heavy (non-hydrogen) atoms. The number of hydrogen-bond acceptors (Lipinski definition) is 5. The number of rotatable bonds is 5. The number of aromatic nitrogens is 2. The van der Waals surface area contributed by atoms with E-state index in [2.05, 4.69) is 10.1 Å². The minimum atomic E-state index is -0.335. The fourth-order valence-corrected chi connectivity index (χ4v) is 1.89. The lowest BCUT2D eigenvalue weighted by Crippen LogP contribution is -2.44. The van der Waals surface area contributed by atoms with Crippen molar-refractivity contribution >= 4 is 12.4 Å². The number of nitrogens with two attached hydrogens (primary N) is 1. The summed E-state index contributed by atoms with van der Waals surface area (Å²) in [5, 5.41) is 3.93. The normalized spacial score (nSPS) is 21.7. The second-order valence-electron chi connectivity index (χ2n) is 4.98. The summed E-state index contributed by atoms with van der Waals surface area (Å²) in [6, 6.07) is 0. The first-order valence-electron chi connectivity index (χ1n) is 5.96. The molecule has 0 radical (unpaired) electrons. The van der Waals surface area contributed by atoms with Crippen molar-refractivity contribution in [2.45, 2.75) is 44.2 Å². The molecule has 2 saturated carbocycles. The van der Waals surface area contributed by atoms with Gasteiger partial charge in [0.05, 0.1) is 12.1 Å². The van der Waals surface area contributed by atoms with Gasteiger partial charge in [0, 0.05) is 0 Å². The molecule has 0 spiro atoms. The lowest BCUT2D eigenvalue weighted by molar-refractivity contribution is 0.0894. The third-order valence-electron chi connectivity index (χ3n) is 3.44. The van der Waals surface area contributed by atoms with Crippen LogP contribution in [-0.4, -0.2) is 16.7 Å². The largest absolute Gasteiger partial charge is 0.371 e. The molecule has 2 aliphatic rings. The quantitative estimate of drug-likeness (QED) is 0.872. The van der Waals surface area contributed by atoms with Crippen molar-refractivity contribution in [1.82, 2.24) is 10.1 Å². The molecule has 5 nitrogen and oxygen atoms in total. The number of hydrogen-bond donors (Lipinski definition) is 1. The highest BCUT2D eigenvalue weighted by Crippen LogP contribution is 2.36. The molecule has 0 atom stereocenters. The average Bonchev–Trinajstić information content (AvgIpc) is 2.92. The number of nitrogens with zero attached hydrogens (tertiary/aromatic N) is 2.